The summed E-state index contributed by atoms with van der Waals surface area (Å²) in [4.78, 5) is 11.8. The van der Waals surface area contributed by atoms with E-state index in [9.17, 15) is 4.79 Å². The summed E-state index contributed by atoms with van der Waals surface area (Å²) in [6.45, 7) is 2.55. The van der Waals surface area contributed by atoms with Crippen LogP contribution in [-0.2, 0) is 6.54 Å². The summed E-state index contributed by atoms with van der Waals surface area (Å²) in [6, 6.07) is 15.3. The molecule has 98 valence electrons. The summed E-state index contributed by atoms with van der Waals surface area (Å²) in [5.74, 6) is 0. The summed E-state index contributed by atoms with van der Waals surface area (Å²) in [5, 5.41) is 5.65. The van der Waals surface area contributed by atoms with Gasteiger partial charge in [0.05, 0.1) is 5.69 Å². The number of carbonyl (C=O) groups is 1. The van der Waals surface area contributed by atoms with Crippen LogP contribution < -0.4 is 10.6 Å². The Hall–Kier alpha value is -1.81. The van der Waals surface area contributed by atoms with E-state index in [1.54, 1.807) is 0 Å². The molecule has 2 N–H and O–H groups in total. The second kappa shape index (κ2) is 6.38. The minimum absolute atomic E-state index is 0.213. The van der Waals surface area contributed by atoms with E-state index in [1.165, 1.54) is 5.56 Å². The fourth-order valence-electron chi connectivity index (χ4n) is 1.71. The molecule has 2 aromatic rings. The Morgan fingerprint density at radius 1 is 1.11 bits per heavy atom. The van der Waals surface area contributed by atoms with Crippen LogP contribution >= 0.6 is 15.9 Å². The fraction of sp³-hybridized carbons (Fsp3) is 0.133. The van der Waals surface area contributed by atoms with Crippen molar-refractivity contribution in [3.05, 3.63) is 64.1 Å². The van der Waals surface area contributed by atoms with Gasteiger partial charge in [-0.25, -0.2) is 4.79 Å². The molecule has 0 saturated heterocycles. The zero-order valence-corrected chi connectivity index (χ0v) is 12.2. The Balaban J connectivity index is 1.92. The maximum absolute atomic E-state index is 11.8. The lowest BCUT2D eigenvalue weighted by atomic mass is 10.1. The first kappa shape index (κ1) is 13.6. The van der Waals surface area contributed by atoms with E-state index in [0.717, 1.165) is 15.7 Å². The van der Waals surface area contributed by atoms with Gasteiger partial charge >= 0.3 is 6.03 Å². The SMILES string of the molecule is Cc1ccccc1CNC(=O)Nc1ccccc1Br. The number of benzene rings is 2. The topological polar surface area (TPSA) is 41.1 Å². The number of carbonyl (C=O) groups excluding carboxylic acids is 1. The summed E-state index contributed by atoms with van der Waals surface area (Å²) in [5.41, 5.74) is 3.04. The molecule has 19 heavy (non-hydrogen) atoms. The Morgan fingerprint density at radius 2 is 1.79 bits per heavy atom. The number of nitrogens with one attached hydrogen (secondary N) is 2. The highest BCUT2D eigenvalue weighted by Gasteiger charge is 2.04. The van der Waals surface area contributed by atoms with Crippen LogP contribution in [0.4, 0.5) is 10.5 Å². The van der Waals surface area contributed by atoms with Gasteiger partial charge in [0, 0.05) is 11.0 Å². The maximum atomic E-state index is 11.8. The van der Waals surface area contributed by atoms with E-state index < -0.39 is 0 Å². The third-order valence-electron chi connectivity index (χ3n) is 2.82. The van der Waals surface area contributed by atoms with Crippen molar-refractivity contribution in [2.45, 2.75) is 13.5 Å². The molecule has 0 unspecified atom stereocenters. The summed E-state index contributed by atoms with van der Waals surface area (Å²) < 4.78 is 0.862. The van der Waals surface area contributed by atoms with E-state index in [1.807, 2.05) is 55.5 Å². The first-order chi connectivity index (χ1) is 9.16. The Morgan fingerprint density at radius 3 is 2.53 bits per heavy atom. The predicted octanol–water partition coefficient (Wildman–Crippen LogP) is 4.08. The highest BCUT2D eigenvalue weighted by atomic mass is 79.9. The van der Waals surface area contributed by atoms with Gasteiger partial charge in [-0.2, -0.15) is 0 Å². The zero-order valence-electron chi connectivity index (χ0n) is 10.6. The molecule has 3 nitrogen and oxygen atoms in total. The molecule has 2 aromatic carbocycles. The number of para-hydroxylation sites is 1. The van der Waals surface area contributed by atoms with Gasteiger partial charge in [-0.1, -0.05) is 36.4 Å². The minimum Gasteiger partial charge on any atom is -0.334 e. The van der Waals surface area contributed by atoms with Crippen LogP contribution in [0, 0.1) is 6.92 Å². The number of urea groups is 1. The zero-order chi connectivity index (χ0) is 13.7. The molecule has 0 radical (unpaired) electrons. The summed E-state index contributed by atoms with van der Waals surface area (Å²) in [7, 11) is 0. The van der Waals surface area contributed by atoms with Gasteiger partial charge in [0.2, 0.25) is 0 Å². The molecular weight excluding hydrogens is 304 g/mol. The van der Waals surface area contributed by atoms with Crippen molar-refractivity contribution in [3.63, 3.8) is 0 Å². The maximum Gasteiger partial charge on any atom is 0.319 e. The Labute approximate surface area is 121 Å². The molecule has 0 aliphatic rings. The minimum atomic E-state index is -0.213. The van der Waals surface area contributed by atoms with Crippen LogP contribution in [0.3, 0.4) is 0 Å². The molecule has 2 rings (SSSR count). The van der Waals surface area contributed by atoms with Crippen LogP contribution in [0.2, 0.25) is 0 Å². The number of anilines is 1. The van der Waals surface area contributed by atoms with Crippen molar-refractivity contribution < 1.29 is 4.79 Å². The van der Waals surface area contributed by atoms with Crippen molar-refractivity contribution in [1.82, 2.24) is 5.32 Å². The first-order valence-electron chi connectivity index (χ1n) is 6.00. The van der Waals surface area contributed by atoms with Gasteiger partial charge in [0.15, 0.2) is 0 Å². The van der Waals surface area contributed by atoms with E-state index in [-0.39, 0.29) is 6.03 Å². The lowest BCUT2D eigenvalue weighted by molar-refractivity contribution is 0.251. The second-order valence-corrected chi connectivity index (χ2v) is 5.07. The highest BCUT2D eigenvalue weighted by molar-refractivity contribution is 9.10. The van der Waals surface area contributed by atoms with Crippen LogP contribution in [0.5, 0.6) is 0 Å². The Kier molecular flexibility index (Phi) is 4.58. The normalized spacial score (nSPS) is 10.0. The molecule has 0 saturated carbocycles. The molecule has 0 atom stereocenters. The number of aryl methyl sites for hydroxylation is 1. The van der Waals surface area contributed by atoms with E-state index in [0.29, 0.717) is 6.54 Å². The lowest BCUT2D eigenvalue weighted by Crippen LogP contribution is -2.28. The summed E-state index contributed by atoms with van der Waals surface area (Å²) >= 11 is 3.39. The van der Waals surface area contributed by atoms with Crippen molar-refractivity contribution in [2.75, 3.05) is 5.32 Å². The molecule has 0 heterocycles. The third kappa shape index (κ3) is 3.83. The molecular formula is C15H15BrN2O. The van der Waals surface area contributed by atoms with Crippen molar-refractivity contribution in [3.8, 4) is 0 Å². The molecule has 0 spiro atoms. The average molecular weight is 319 g/mol. The molecule has 4 heteroatoms. The van der Waals surface area contributed by atoms with Crippen molar-refractivity contribution in [2.24, 2.45) is 0 Å². The van der Waals surface area contributed by atoms with E-state index in [4.69, 9.17) is 0 Å². The number of hydrogen-bond acceptors (Lipinski definition) is 1. The molecule has 0 aromatic heterocycles. The van der Waals surface area contributed by atoms with Crippen LogP contribution in [-0.4, -0.2) is 6.03 Å². The molecule has 0 aliphatic heterocycles. The fourth-order valence-corrected chi connectivity index (χ4v) is 2.10. The van der Waals surface area contributed by atoms with E-state index in [2.05, 4.69) is 26.6 Å². The number of rotatable bonds is 3. The van der Waals surface area contributed by atoms with Gasteiger partial charge in [0.25, 0.3) is 0 Å². The smallest absolute Gasteiger partial charge is 0.319 e. The number of halogens is 1. The quantitative estimate of drug-likeness (QED) is 0.879. The van der Waals surface area contributed by atoms with Gasteiger partial charge in [-0.3, -0.25) is 0 Å². The first-order valence-corrected chi connectivity index (χ1v) is 6.80. The van der Waals surface area contributed by atoms with Crippen molar-refractivity contribution in [1.29, 1.82) is 0 Å². The third-order valence-corrected chi connectivity index (χ3v) is 3.51. The molecule has 0 bridgehead atoms. The van der Waals surface area contributed by atoms with Gasteiger partial charge in [-0.15, -0.1) is 0 Å². The van der Waals surface area contributed by atoms with Gasteiger partial charge in [0.1, 0.15) is 0 Å². The van der Waals surface area contributed by atoms with Gasteiger partial charge in [-0.05, 0) is 46.1 Å². The van der Waals surface area contributed by atoms with Crippen LogP contribution in [0.25, 0.3) is 0 Å². The highest BCUT2D eigenvalue weighted by Crippen LogP contribution is 2.20. The average Bonchev–Trinajstić information content (AvgIpc) is 2.40. The largest absolute Gasteiger partial charge is 0.334 e. The molecule has 0 aliphatic carbocycles. The van der Waals surface area contributed by atoms with Crippen molar-refractivity contribution >= 4 is 27.6 Å². The predicted molar refractivity (Wildman–Crippen MR) is 81.2 cm³/mol. The molecule has 2 amide bonds. The molecule has 0 fully saturated rings. The number of amides is 2. The van der Waals surface area contributed by atoms with Gasteiger partial charge < -0.3 is 10.6 Å². The van der Waals surface area contributed by atoms with Crippen LogP contribution in [0.15, 0.2) is 53.0 Å². The van der Waals surface area contributed by atoms with E-state index >= 15 is 0 Å². The van der Waals surface area contributed by atoms with Crippen LogP contribution in [0.1, 0.15) is 11.1 Å². The standard InChI is InChI=1S/C15H15BrN2O/c1-11-6-2-3-7-12(11)10-17-15(19)18-14-9-5-4-8-13(14)16/h2-9H,10H2,1H3,(H2,17,18,19). The monoisotopic (exact) mass is 318 g/mol. The number of hydrogen-bond donors (Lipinski definition) is 2. The second-order valence-electron chi connectivity index (χ2n) is 4.21. The summed E-state index contributed by atoms with van der Waals surface area (Å²) in [6.07, 6.45) is 0. The Bertz CT molecular complexity index is 584. The lowest BCUT2D eigenvalue weighted by Gasteiger charge is -2.10.